The summed E-state index contributed by atoms with van der Waals surface area (Å²) in [5.41, 5.74) is 11.4. The van der Waals surface area contributed by atoms with Gasteiger partial charge >= 0.3 is 0 Å². The Labute approximate surface area is 81.0 Å². The van der Waals surface area contributed by atoms with Crippen molar-refractivity contribution < 1.29 is 9.53 Å². The topological polar surface area (TPSA) is 109 Å². The molecule has 14 heavy (non-hydrogen) atoms. The van der Waals surface area contributed by atoms with Crippen molar-refractivity contribution in [1.82, 2.24) is 15.0 Å². The third-order valence-corrected chi connectivity index (χ3v) is 1.68. The van der Waals surface area contributed by atoms with Crippen LogP contribution >= 0.6 is 0 Å². The van der Waals surface area contributed by atoms with Gasteiger partial charge in [-0.05, 0) is 0 Å². The lowest BCUT2D eigenvalue weighted by molar-refractivity contribution is -0.118. The number of nitrogens with two attached hydrogens (primary N) is 2. The number of aromatic nitrogens is 3. The van der Waals surface area contributed by atoms with E-state index in [0.717, 1.165) is 0 Å². The molecule has 0 aliphatic rings. The lowest BCUT2D eigenvalue weighted by Gasteiger charge is -2.10. The van der Waals surface area contributed by atoms with E-state index < -0.39 is 5.91 Å². The van der Waals surface area contributed by atoms with E-state index in [-0.39, 0.29) is 12.6 Å². The summed E-state index contributed by atoms with van der Waals surface area (Å²) in [4.78, 5) is 10.7. The standard InChI is InChI=1S/C7H13N5O2/c1-14-4-5(8)6-2-10-11-12(6)3-7(9)13/h2,5H,3-4,8H2,1H3,(H2,9,13)/t5-/m1/s1. The van der Waals surface area contributed by atoms with Gasteiger partial charge in [0.1, 0.15) is 6.54 Å². The van der Waals surface area contributed by atoms with Crippen LogP contribution in [0.4, 0.5) is 0 Å². The summed E-state index contributed by atoms with van der Waals surface area (Å²) >= 11 is 0. The predicted molar refractivity (Wildman–Crippen MR) is 48.0 cm³/mol. The van der Waals surface area contributed by atoms with Gasteiger partial charge in [0.05, 0.1) is 24.5 Å². The molecule has 1 aromatic rings. The molecule has 7 nitrogen and oxygen atoms in total. The highest BCUT2D eigenvalue weighted by Crippen LogP contribution is 2.07. The lowest BCUT2D eigenvalue weighted by Crippen LogP contribution is -2.25. The first-order chi connectivity index (χ1) is 6.65. The van der Waals surface area contributed by atoms with E-state index in [1.807, 2.05) is 0 Å². The predicted octanol–water partition coefficient (Wildman–Crippen LogP) is -1.59. The summed E-state index contributed by atoms with van der Waals surface area (Å²) in [6.45, 7) is 0.318. The highest BCUT2D eigenvalue weighted by atomic mass is 16.5. The Kier molecular flexibility index (Phi) is 3.55. The molecule has 1 rings (SSSR count). The molecule has 1 aromatic heterocycles. The summed E-state index contributed by atoms with van der Waals surface area (Å²) in [6, 6.07) is -0.352. The summed E-state index contributed by atoms with van der Waals surface area (Å²) in [5.74, 6) is -0.485. The third-order valence-electron chi connectivity index (χ3n) is 1.68. The van der Waals surface area contributed by atoms with Gasteiger partial charge in [0.25, 0.3) is 0 Å². The SMILES string of the molecule is COC[C@@H](N)c1cnnn1CC(N)=O. The van der Waals surface area contributed by atoms with Crippen LogP contribution in [0, 0.1) is 0 Å². The summed E-state index contributed by atoms with van der Waals surface area (Å²) in [5, 5.41) is 7.34. The Bertz CT molecular complexity index is 311. The van der Waals surface area contributed by atoms with Gasteiger partial charge in [-0.25, -0.2) is 4.68 Å². The summed E-state index contributed by atoms with van der Waals surface area (Å²) in [7, 11) is 1.54. The molecule has 1 amide bonds. The fourth-order valence-electron chi connectivity index (χ4n) is 1.09. The number of carbonyl (C=O) groups is 1. The second kappa shape index (κ2) is 4.68. The average Bonchev–Trinajstić information content (AvgIpc) is 2.51. The summed E-state index contributed by atoms with van der Waals surface area (Å²) in [6.07, 6.45) is 1.49. The molecule has 0 fully saturated rings. The van der Waals surface area contributed by atoms with Crippen molar-refractivity contribution in [2.75, 3.05) is 13.7 Å². The fourth-order valence-corrected chi connectivity index (χ4v) is 1.09. The first-order valence-corrected chi connectivity index (χ1v) is 4.06. The van der Waals surface area contributed by atoms with Crippen LogP contribution in [0.3, 0.4) is 0 Å². The molecular formula is C7H13N5O2. The number of nitrogens with zero attached hydrogens (tertiary/aromatic N) is 3. The molecule has 0 saturated carbocycles. The van der Waals surface area contributed by atoms with E-state index in [2.05, 4.69) is 10.3 Å². The molecule has 0 spiro atoms. The number of carbonyl (C=O) groups excluding carboxylic acids is 1. The fraction of sp³-hybridized carbons (Fsp3) is 0.571. The quantitative estimate of drug-likeness (QED) is 0.594. The van der Waals surface area contributed by atoms with Crippen molar-refractivity contribution in [3.05, 3.63) is 11.9 Å². The van der Waals surface area contributed by atoms with Gasteiger partial charge in [-0.3, -0.25) is 4.79 Å². The largest absolute Gasteiger partial charge is 0.383 e. The van der Waals surface area contributed by atoms with Crippen LogP contribution in [0.1, 0.15) is 11.7 Å². The Morgan fingerprint density at radius 2 is 2.50 bits per heavy atom. The van der Waals surface area contributed by atoms with E-state index >= 15 is 0 Å². The number of primary amides is 1. The van der Waals surface area contributed by atoms with E-state index in [4.69, 9.17) is 16.2 Å². The minimum atomic E-state index is -0.485. The van der Waals surface area contributed by atoms with E-state index in [1.165, 1.54) is 10.9 Å². The van der Waals surface area contributed by atoms with Crippen molar-refractivity contribution in [3.8, 4) is 0 Å². The van der Waals surface area contributed by atoms with Gasteiger partial charge in [-0.2, -0.15) is 0 Å². The third kappa shape index (κ3) is 2.51. The molecule has 0 aliphatic heterocycles. The number of amides is 1. The van der Waals surface area contributed by atoms with Crippen molar-refractivity contribution >= 4 is 5.91 Å². The minimum Gasteiger partial charge on any atom is -0.383 e. The maximum atomic E-state index is 10.7. The zero-order valence-electron chi connectivity index (χ0n) is 7.88. The van der Waals surface area contributed by atoms with E-state index in [1.54, 1.807) is 7.11 Å². The highest BCUT2D eigenvalue weighted by Gasteiger charge is 2.13. The van der Waals surface area contributed by atoms with Crippen molar-refractivity contribution in [2.24, 2.45) is 11.5 Å². The molecule has 1 heterocycles. The molecule has 0 saturated heterocycles. The zero-order chi connectivity index (χ0) is 10.6. The molecule has 7 heteroatoms. The van der Waals surface area contributed by atoms with Gasteiger partial charge < -0.3 is 16.2 Å². The molecule has 4 N–H and O–H groups in total. The van der Waals surface area contributed by atoms with Crippen LogP contribution in [0.2, 0.25) is 0 Å². The Hall–Kier alpha value is -1.47. The van der Waals surface area contributed by atoms with Gasteiger partial charge in [-0.1, -0.05) is 5.21 Å². The zero-order valence-corrected chi connectivity index (χ0v) is 7.88. The molecule has 0 aromatic carbocycles. The number of rotatable bonds is 5. The lowest BCUT2D eigenvalue weighted by atomic mass is 10.2. The molecule has 0 unspecified atom stereocenters. The van der Waals surface area contributed by atoms with Crippen LogP contribution in [0.25, 0.3) is 0 Å². The van der Waals surface area contributed by atoms with Gasteiger partial charge in [0.15, 0.2) is 0 Å². The molecule has 78 valence electrons. The first-order valence-electron chi connectivity index (χ1n) is 4.06. The first kappa shape index (κ1) is 10.6. The van der Waals surface area contributed by atoms with Crippen LogP contribution in [0.15, 0.2) is 6.20 Å². The second-order valence-corrected chi connectivity index (χ2v) is 2.84. The number of hydrogen-bond donors (Lipinski definition) is 2. The molecule has 0 aliphatic carbocycles. The van der Waals surface area contributed by atoms with Gasteiger partial charge in [0.2, 0.25) is 5.91 Å². The normalized spacial score (nSPS) is 12.7. The Morgan fingerprint density at radius 1 is 1.79 bits per heavy atom. The van der Waals surface area contributed by atoms with Crippen LogP contribution < -0.4 is 11.5 Å². The van der Waals surface area contributed by atoms with Crippen molar-refractivity contribution in [2.45, 2.75) is 12.6 Å². The van der Waals surface area contributed by atoms with Gasteiger partial charge in [0, 0.05) is 7.11 Å². The van der Waals surface area contributed by atoms with Crippen LogP contribution in [-0.4, -0.2) is 34.6 Å². The maximum absolute atomic E-state index is 10.7. The average molecular weight is 199 g/mol. The number of hydrogen-bond acceptors (Lipinski definition) is 5. The molecule has 0 bridgehead atoms. The van der Waals surface area contributed by atoms with E-state index in [0.29, 0.717) is 12.3 Å². The van der Waals surface area contributed by atoms with Crippen LogP contribution in [0.5, 0.6) is 0 Å². The van der Waals surface area contributed by atoms with Crippen molar-refractivity contribution in [3.63, 3.8) is 0 Å². The van der Waals surface area contributed by atoms with E-state index in [9.17, 15) is 4.79 Å². The second-order valence-electron chi connectivity index (χ2n) is 2.84. The highest BCUT2D eigenvalue weighted by molar-refractivity contribution is 5.73. The van der Waals surface area contributed by atoms with Gasteiger partial charge in [-0.15, -0.1) is 5.10 Å². The number of methoxy groups -OCH3 is 1. The molecular weight excluding hydrogens is 186 g/mol. The van der Waals surface area contributed by atoms with Crippen molar-refractivity contribution in [1.29, 1.82) is 0 Å². The van der Waals surface area contributed by atoms with Crippen LogP contribution in [-0.2, 0) is 16.1 Å². The minimum absolute atomic E-state index is 0.0211. The Balaban J connectivity index is 2.75. The molecule has 0 radical (unpaired) electrons. The Morgan fingerprint density at radius 3 is 3.07 bits per heavy atom. The smallest absolute Gasteiger partial charge is 0.239 e. The maximum Gasteiger partial charge on any atom is 0.239 e. The summed E-state index contributed by atoms with van der Waals surface area (Å²) < 4.78 is 6.24. The monoisotopic (exact) mass is 199 g/mol. The number of ether oxygens (including phenoxy) is 1. The molecule has 1 atom stereocenters.